The SMILES string of the molecule is Cc1ccc([C@H]2[C@H]3C(=O)N(N4C(=O)c5cccc6cccc(c56)C4=O)C(=O)[C@H]3ON2c2ccccc2)cc1. The Bertz CT molecular complexity index is 1620. The van der Waals surface area contributed by atoms with Crippen molar-refractivity contribution in [2.24, 2.45) is 5.92 Å². The Morgan fingerprint density at radius 3 is 1.92 bits per heavy atom. The number of fused-ring (bicyclic) bond motifs is 1. The van der Waals surface area contributed by atoms with Gasteiger partial charge >= 0.3 is 0 Å². The van der Waals surface area contributed by atoms with Crippen LogP contribution in [-0.2, 0) is 14.4 Å². The van der Waals surface area contributed by atoms with E-state index < -0.39 is 41.7 Å². The molecule has 0 aliphatic carbocycles. The minimum absolute atomic E-state index is 0.261. The summed E-state index contributed by atoms with van der Waals surface area (Å²) in [6, 6.07) is 26.5. The van der Waals surface area contributed by atoms with Gasteiger partial charge < -0.3 is 0 Å². The van der Waals surface area contributed by atoms with E-state index in [9.17, 15) is 19.2 Å². The number of aryl methyl sites for hydroxylation is 1. The van der Waals surface area contributed by atoms with Gasteiger partial charge in [0.2, 0.25) is 0 Å². The average molecular weight is 504 g/mol. The van der Waals surface area contributed by atoms with Gasteiger partial charge in [0.15, 0.2) is 6.10 Å². The predicted molar refractivity (Wildman–Crippen MR) is 138 cm³/mol. The second-order valence-corrected chi connectivity index (χ2v) is 9.69. The molecular formula is C30H21N3O5. The zero-order valence-electron chi connectivity index (χ0n) is 20.3. The van der Waals surface area contributed by atoms with E-state index in [4.69, 9.17) is 4.84 Å². The van der Waals surface area contributed by atoms with Crippen molar-refractivity contribution in [2.45, 2.75) is 19.1 Å². The van der Waals surface area contributed by atoms with Crippen molar-refractivity contribution in [2.75, 3.05) is 5.06 Å². The lowest BCUT2D eigenvalue weighted by atomic mass is 9.90. The molecule has 0 spiro atoms. The zero-order valence-corrected chi connectivity index (χ0v) is 20.3. The third kappa shape index (κ3) is 3.01. The highest BCUT2D eigenvalue weighted by atomic mass is 16.7. The molecule has 2 saturated heterocycles. The first-order valence-corrected chi connectivity index (χ1v) is 12.3. The molecule has 3 atom stereocenters. The normalized spacial score (nSPS) is 22.6. The summed E-state index contributed by atoms with van der Waals surface area (Å²) in [5.74, 6) is -3.79. The molecule has 3 aliphatic rings. The Kier molecular flexibility index (Phi) is 4.77. The van der Waals surface area contributed by atoms with Crippen LogP contribution in [0.4, 0.5) is 5.69 Å². The molecule has 186 valence electrons. The van der Waals surface area contributed by atoms with Crippen LogP contribution in [0.5, 0.6) is 0 Å². The third-order valence-electron chi connectivity index (χ3n) is 7.47. The molecule has 2 fully saturated rings. The second kappa shape index (κ2) is 8.09. The smallest absolute Gasteiger partial charge is 0.272 e. The number of nitrogens with zero attached hydrogens (tertiary/aromatic N) is 3. The van der Waals surface area contributed by atoms with Crippen LogP contribution in [0.1, 0.15) is 37.9 Å². The van der Waals surface area contributed by atoms with Crippen LogP contribution in [0.3, 0.4) is 0 Å². The van der Waals surface area contributed by atoms with Crippen LogP contribution in [0.25, 0.3) is 10.8 Å². The van der Waals surface area contributed by atoms with E-state index in [1.54, 1.807) is 29.3 Å². The predicted octanol–water partition coefficient (Wildman–Crippen LogP) is 4.21. The highest BCUT2D eigenvalue weighted by Gasteiger charge is 2.63. The highest BCUT2D eigenvalue weighted by molar-refractivity contribution is 6.27. The zero-order chi connectivity index (χ0) is 26.1. The van der Waals surface area contributed by atoms with Crippen molar-refractivity contribution in [3.8, 4) is 0 Å². The van der Waals surface area contributed by atoms with Gasteiger partial charge in [0.1, 0.15) is 5.92 Å². The number of anilines is 1. The van der Waals surface area contributed by atoms with E-state index >= 15 is 0 Å². The molecule has 0 aromatic heterocycles. The molecule has 38 heavy (non-hydrogen) atoms. The van der Waals surface area contributed by atoms with Crippen LogP contribution in [0, 0.1) is 12.8 Å². The van der Waals surface area contributed by atoms with Crippen molar-refractivity contribution < 1.29 is 24.0 Å². The van der Waals surface area contributed by atoms with Crippen LogP contribution in [0.15, 0.2) is 91.0 Å². The van der Waals surface area contributed by atoms with E-state index in [-0.39, 0.29) is 11.1 Å². The second-order valence-electron chi connectivity index (χ2n) is 9.69. The van der Waals surface area contributed by atoms with Gasteiger partial charge in [-0.25, -0.2) is 5.06 Å². The Morgan fingerprint density at radius 1 is 0.658 bits per heavy atom. The van der Waals surface area contributed by atoms with Crippen molar-refractivity contribution in [3.63, 3.8) is 0 Å². The van der Waals surface area contributed by atoms with Gasteiger partial charge in [-0.3, -0.25) is 24.0 Å². The topological polar surface area (TPSA) is 87.2 Å². The fraction of sp³-hybridized carbons (Fsp3) is 0.133. The lowest BCUT2D eigenvalue weighted by Crippen LogP contribution is -2.55. The first-order valence-electron chi connectivity index (χ1n) is 12.3. The number of carbonyl (C=O) groups excluding carboxylic acids is 4. The summed E-state index contributed by atoms with van der Waals surface area (Å²) >= 11 is 0. The van der Waals surface area contributed by atoms with Gasteiger partial charge in [-0.1, -0.05) is 72.3 Å². The van der Waals surface area contributed by atoms with E-state index in [1.165, 1.54) is 0 Å². The highest BCUT2D eigenvalue weighted by Crippen LogP contribution is 2.47. The maximum absolute atomic E-state index is 14.0. The fourth-order valence-corrected chi connectivity index (χ4v) is 5.70. The summed E-state index contributed by atoms with van der Waals surface area (Å²) in [6.07, 6.45) is -1.19. The molecule has 8 heteroatoms. The molecular weight excluding hydrogens is 482 g/mol. The first-order chi connectivity index (χ1) is 18.5. The summed E-state index contributed by atoms with van der Waals surface area (Å²) < 4.78 is 0. The molecule has 4 amide bonds. The van der Waals surface area contributed by atoms with E-state index in [0.717, 1.165) is 16.5 Å². The molecule has 0 unspecified atom stereocenters. The summed E-state index contributed by atoms with van der Waals surface area (Å²) in [6.45, 7) is 1.96. The molecule has 0 N–H and O–H groups in total. The van der Waals surface area contributed by atoms with Crippen LogP contribution < -0.4 is 5.06 Å². The van der Waals surface area contributed by atoms with Gasteiger partial charge in [0, 0.05) is 5.39 Å². The Hall–Kier alpha value is -4.82. The molecule has 0 bridgehead atoms. The summed E-state index contributed by atoms with van der Waals surface area (Å²) in [7, 11) is 0. The van der Waals surface area contributed by atoms with Crippen LogP contribution >= 0.6 is 0 Å². The largest absolute Gasteiger partial charge is 0.281 e. The standard InChI is InChI=1S/C30H21N3O5/c1-17-13-15-19(16-14-17)25-24-26(38-33(25)20-9-3-2-4-10-20)30(37)32(29(24)36)31-27(34)21-11-5-7-18-8-6-12-22(23(18)21)28(31)35/h2-16,24-26H,1H3/t24-,25+,26+/m1/s1. The molecule has 4 aromatic carbocycles. The van der Waals surface area contributed by atoms with Crippen molar-refractivity contribution >= 4 is 40.1 Å². The lowest BCUT2D eigenvalue weighted by Gasteiger charge is -2.34. The quantitative estimate of drug-likeness (QED) is 0.390. The monoisotopic (exact) mass is 503 g/mol. The van der Waals surface area contributed by atoms with Gasteiger partial charge in [0.05, 0.1) is 22.9 Å². The van der Waals surface area contributed by atoms with Gasteiger partial charge in [0.25, 0.3) is 23.6 Å². The summed E-state index contributed by atoms with van der Waals surface area (Å²) in [5.41, 5.74) is 3.03. The molecule has 7 rings (SSSR count). The average Bonchev–Trinajstić information content (AvgIpc) is 3.44. The van der Waals surface area contributed by atoms with Gasteiger partial charge in [-0.2, -0.15) is 10.0 Å². The molecule has 3 aliphatic heterocycles. The Labute approximate surface area is 217 Å². The number of benzene rings is 4. The number of amides is 4. The van der Waals surface area contributed by atoms with Crippen molar-refractivity contribution in [3.05, 3.63) is 113 Å². The number of hydrogen-bond donors (Lipinski definition) is 0. The Balaban J connectivity index is 1.32. The number of carbonyl (C=O) groups is 4. The molecule has 3 heterocycles. The van der Waals surface area contributed by atoms with E-state index in [0.29, 0.717) is 21.1 Å². The van der Waals surface area contributed by atoms with Gasteiger partial charge in [-0.15, -0.1) is 0 Å². The summed E-state index contributed by atoms with van der Waals surface area (Å²) in [5, 5.41) is 4.22. The molecule has 4 aromatic rings. The van der Waals surface area contributed by atoms with Crippen molar-refractivity contribution in [1.82, 2.24) is 10.0 Å². The molecule has 0 radical (unpaired) electrons. The van der Waals surface area contributed by atoms with E-state index in [1.807, 2.05) is 73.7 Å². The first kappa shape index (κ1) is 22.4. The fourth-order valence-electron chi connectivity index (χ4n) is 5.70. The molecule has 8 nitrogen and oxygen atoms in total. The molecule has 0 saturated carbocycles. The number of hydrazine groups is 1. The number of para-hydroxylation sites is 1. The summed E-state index contributed by atoms with van der Waals surface area (Å²) in [4.78, 5) is 61.1. The van der Waals surface area contributed by atoms with Crippen molar-refractivity contribution in [1.29, 1.82) is 0 Å². The van der Waals surface area contributed by atoms with Crippen LogP contribution in [-0.4, -0.2) is 39.8 Å². The number of hydrogen-bond acceptors (Lipinski definition) is 6. The number of rotatable bonds is 3. The minimum Gasteiger partial charge on any atom is -0.272 e. The van der Waals surface area contributed by atoms with E-state index in [2.05, 4.69) is 0 Å². The maximum Gasteiger partial charge on any atom is 0.281 e. The maximum atomic E-state index is 14.0. The van der Waals surface area contributed by atoms with Gasteiger partial charge in [-0.05, 0) is 42.1 Å². The minimum atomic E-state index is -1.19. The number of imide groups is 2. The Morgan fingerprint density at radius 2 is 1.29 bits per heavy atom. The lowest BCUT2D eigenvalue weighted by molar-refractivity contribution is -0.154. The van der Waals surface area contributed by atoms with Crippen LogP contribution in [0.2, 0.25) is 0 Å². The number of hydroxylamine groups is 1. The third-order valence-corrected chi connectivity index (χ3v) is 7.47.